The number of aromatic nitrogens is 1. The van der Waals surface area contributed by atoms with E-state index in [1.807, 2.05) is 6.92 Å². The summed E-state index contributed by atoms with van der Waals surface area (Å²) in [5, 5.41) is 10.5. The molecule has 0 aliphatic carbocycles. The van der Waals surface area contributed by atoms with Gasteiger partial charge in [-0.2, -0.15) is 0 Å². The van der Waals surface area contributed by atoms with E-state index in [1.54, 1.807) is 19.2 Å². The first-order chi connectivity index (χ1) is 5.59. The van der Waals surface area contributed by atoms with Gasteiger partial charge in [-0.25, -0.2) is 4.98 Å². The van der Waals surface area contributed by atoms with Crippen molar-refractivity contribution in [2.45, 2.75) is 13.8 Å². The van der Waals surface area contributed by atoms with Crippen LogP contribution in [0.4, 0.5) is 5.69 Å². The van der Waals surface area contributed by atoms with Crippen LogP contribution in [0.25, 0.3) is 0 Å². The standard InChI is InChI=1S/C8H10ClN3/c1-5-4-11-8(9)3-7(5)12-6(2)10/h3-4H,1-2H3,(H2,10,11,12). The Labute approximate surface area is 76.3 Å². The molecule has 0 saturated carbocycles. The molecule has 0 spiro atoms. The molecule has 1 rings (SSSR count). The van der Waals surface area contributed by atoms with Crippen LogP contribution in [0.2, 0.25) is 5.15 Å². The van der Waals surface area contributed by atoms with E-state index in [0.29, 0.717) is 11.0 Å². The summed E-state index contributed by atoms with van der Waals surface area (Å²) < 4.78 is 0. The first kappa shape index (κ1) is 9.00. The summed E-state index contributed by atoms with van der Waals surface area (Å²) in [6.45, 7) is 3.59. The zero-order chi connectivity index (χ0) is 9.14. The van der Waals surface area contributed by atoms with Crippen LogP contribution in [-0.4, -0.2) is 10.8 Å². The highest BCUT2D eigenvalue weighted by Crippen LogP contribution is 2.17. The molecule has 12 heavy (non-hydrogen) atoms. The van der Waals surface area contributed by atoms with E-state index in [1.165, 1.54) is 0 Å². The summed E-state index contributed by atoms with van der Waals surface area (Å²) in [4.78, 5) is 3.90. The first-order valence-electron chi connectivity index (χ1n) is 3.54. The second-order valence-electron chi connectivity index (χ2n) is 2.57. The van der Waals surface area contributed by atoms with Gasteiger partial charge in [-0.05, 0) is 25.5 Å². The molecule has 64 valence electrons. The van der Waals surface area contributed by atoms with Crippen molar-refractivity contribution in [3.63, 3.8) is 0 Å². The number of halogens is 1. The van der Waals surface area contributed by atoms with Crippen molar-refractivity contribution >= 4 is 23.1 Å². The molecule has 0 amide bonds. The lowest BCUT2D eigenvalue weighted by atomic mass is 10.2. The van der Waals surface area contributed by atoms with E-state index in [9.17, 15) is 0 Å². The van der Waals surface area contributed by atoms with Gasteiger partial charge in [0.25, 0.3) is 0 Å². The van der Waals surface area contributed by atoms with Crippen molar-refractivity contribution in [2.24, 2.45) is 0 Å². The third kappa shape index (κ3) is 2.20. The second kappa shape index (κ2) is 3.54. The molecule has 0 bridgehead atoms. The van der Waals surface area contributed by atoms with Crippen LogP contribution in [0.5, 0.6) is 0 Å². The highest BCUT2D eigenvalue weighted by Gasteiger charge is 1.99. The van der Waals surface area contributed by atoms with E-state index in [-0.39, 0.29) is 0 Å². The van der Waals surface area contributed by atoms with Gasteiger partial charge in [-0.1, -0.05) is 11.6 Å². The highest BCUT2D eigenvalue weighted by molar-refractivity contribution is 6.29. The Bertz CT molecular complexity index is 309. The zero-order valence-corrected chi connectivity index (χ0v) is 7.74. The fourth-order valence-electron chi connectivity index (χ4n) is 0.835. The minimum atomic E-state index is 0.389. The SMILES string of the molecule is CC(=N)Nc1cc(Cl)ncc1C. The third-order valence-electron chi connectivity index (χ3n) is 1.39. The van der Waals surface area contributed by atoms with Gasteiger partial charge in [-0.3, -0.25) is 5.41 Å². The molecule has 0 radical (unpaired) electrons. The molecule has 0 aliphatic rings. The third-order valence-corrected chi connectivity index (χ3v) is 1.60. The van der Waals surface area contributed by atoms with E-state index in [4.69, 9.17) is 17.0 Å². The van der Waals surface area contributed by atoms with Crippen LogP contribution >= 0.6 is 11.6 Å². The predicted octanol–water partition coefficient (Wildman–Crippen LogP) is 2.45. The Morgan fingerprint density at radius 1 is 1.67 bits per heavy atom. The number of pyridine rings is 1. The van der Waals surface area contributed by atoms with E-state index in [0.717, 1.165) is 11.3 Å². The largest absolute Gasteiger partial charge is 0.344 e. The number of rotatable bonds is 1. The summed E-state index contributed by atoms with van der Waals surface area (Å²) in [5.74, 6) is 0.389. The van der Waals surface area contributed by atoms with E-state index < -0.39 is 0 Å². The summed E-state index contributed by atoms with van der Waals surface area (Å²) in [7, 11) is 0. The maximum absolute atomic E-state index is 7.22. The summed E-state index contributed by atoms with van der Waals surface area (Å²) in [6, 6.07) is 1.70. The van der Waals surface area contributed by atoms with Crippen molar-refractivity contribution in [3.8, 4) is 0 Å². The maximum atomic E-state index is 7.22. The minimum absolute atomic E-state index is 0.389. The van der Waals surface area contributed by atoms with Crippen molar-refractivity contribution in [2.75, 3.05) is 5.32 Å². The molecule has 1 aromatic heterocycles. The van der Waals surface area contributed by atoms with Crippen LogP contribution in [0.15, 0.2) is 12.3 Å². The minimum Gasteiger partial charge on any atom is -0.344 e. The summed E-state index contributed by atoms with van der Waals surface area (Å²) in [6.07, 6.45) is 1.67. The lowest BCUT2D eigenvalue weighted by molar-refractivity contribution is 1.26. The molecule has 3 nitrogen and oxygen atoms in total. The lowest BCUT2D eigenvalue weighted by Crippen LogP contribution is -2.06. The molecule has 4 heteroatoms. The fourth-order valence-corrected chi connectivity index (χ4v) is 0.993. The van der Waals surface area contributed by atoms with Crippen LogP contribution in [0.3, 0.4) is 0 Å². The topological polar surface area (TPSA) is 48.8 Å². The van der Waals surface area contributed by atoms with Crippen LogP contribution < -0.4 is 5.32 Å². The Hall–Kier alpha value is -1.09. The normalized spacial score (nSPS) is 9.58. The number of nitrogens with one attached hydrogen (secondary N) is 2. The number of hydrogen-bond acceptors (Lipinski definition) is 2. The van der Waals surface area contributed by atoms with Gasteiger partial charge in [-0.15, -0.1) is 0 Å². The van der Waals surface area contributed by atoms with Crippen molar-refractivity contribution in [1.29, 1.82) is 5.41 Å². The quantitative estimate of drug-likeness (QED) is 0.399. The Morgan fingerprint density at radius 2 is 2.33 bits per heavy atom. The molecule has 1 aromatic rings. The van der Waals surface area contributed by atoms with E-state index >= 15 is 0 Å². The Morgan fingerprint density at radius 3 is 2.92 bits per heavy atom. The molecule has 0 aliphatic heterocycles. The van der Waals surface area contributed by atoms with Crippen LogP contribution in [0, 0.1) is 12.3 Å². The monoisotopic (exact) mass is 183 g/mol. The molecule has 0 aromatic carbocycles. The summed E-state index contributed by atoms with van der Waals surface area (Å²) >= 11 is 5.68. The number of amidine groups is 1. The molecule has 0 atom stereocenters. The Balaban J connectivity index is 2.97. The van der Waals surface area contributed by atoms with Gasteiger partial charge >= 0.3 is 0 Å². The number of hydrogen-bond donors (Lipinski definition) is 2. The molecule has 1 heterocycles. The van der Waals surface area contributed by atoms with Crippen molar-refractivity contribution < 1.29 is 0 Å². The summed E-state index contributed by atoms with van der Waals surface area (Å²) in [5.41, 5.74) is 1.81. The van der Waals surface area contributed by atoms with Gasteiger partial charge in [0.2, 0.25) is 0 Å². The Kier molecular flexibility index (Phi) is 2.65. The molecular weight excluding hydrogens is 174 g/mol. The van der Waals surface area contributed by atoms with E-state index in [2.05, 4.69) is 10.3 Å². The maximum Gasteiger partial charge on any atom is 0.131 e. The molecule has 0 fully saturated rings. The van der Waals surface area contributed by atoms with Crippen LogP contribution in [0.1, 0.15) is 12.5 Å². The van der Waals surface area contributed by atoms with Crippen LogP contribution in [-0.2, 0) is 0 Å². The second-order valence-corrected chi connectivity index (χ2v) is 2.96. The lowest BCUT2D eigenvalue weighted by Gasteiger charge is -2.06. The fraction of sp³-hybridized carbons (Fsp3) is 0.250. The molecule has 0 unspecified atom stereocenters. The first-order valence-corrected chi connectivity index (χ1v) is 3.91. The average molecular weight is 184 g/mol. The number of anilines is 1. The molecule has 2 N–H and O–H groups in total. The zero-order valence-electron chi connectivity index (χ0n) is 6.98. The van der Waals surface area contributed by atoms with Crippen molar-refractivity contribution in [3.05, 3.63) is 23.0 Å². The van der Waals surface area contributed by atoms with Gasteiger partial charge in [0.15, 0.2) is 0 Å². The molecular formula is C8H10ClN3. The molecule has 0 saturated heterocycles. The predicted molar refractivity (Wildman–Crippen MR) is 51.0 cm³/mol. The average Bonchev–Trinajstić information content (AvgIpc) is 1.96. The highest BCUT2D eigenvalue weighted by atomic mass is 35.5. The van der Waals surface area contributed by atoms with Crippen molar-refractivity contribution in [1.82, 2.24) is 4.98 Å². The number of aryl methyl sites for hydroxylation is 1. The van der Waals surface area contributed by atoms with Gasteiger partial charge in [0, 0.05) is 11.9 Å². The van der Waals surface area contributed by atoms with Gasteiger partial charge in [0.1, 0.15) is 5.15 Å². The van der Waals surface area contributed by atoms with Gasteiger partial charge in [0.05, 0.1) is 5.84 Å². The van der Waals surface area contributed by atoms with Gasteiger partial charge < -0.3 is 5.32 Å². The smallest absolute Gasteiger partial charge is 0.131 e. The number of nitrogens with zero attached hydrogens (tertiary/aromatic N) is 1.